The predicted octanol–water partition coefficient (Wildman–Crippen LogP) is 4.39. The minimum Gasteiger partial charge on any atom is -0.482 e. The van der Waals surface area contributed by atoms with Crippen molar-refractivity contribution in [1.29, 1.82) is 0 Å². The molecule has 1 saturated heterocycles. The summed E-state index contributed by atoms with van der Waals surface area (Å²) in [5.41, 5.74) is 1.53. The molecule has 0 aliphatic carbocycles. The molecule has 2 aromatic carbocycles. The predicted molar refractivity (Wildman–Crippen MR) is 121 cm³/mol. The van der Waals surface area contributed by atoms with Crippen molar-refractivity contribution in [3.63, 3.8) is 0 Å². The number of benzene rings is 2. The number of hydrogen-bond acceptors (Lipinski definition) is 4. The zero-order chi connectivity index (χ0) is 22.5. The molecule has 1 aliphatic rings. The van der Waals surface area contributed by atoms with Gasteiger partial charge in [0.2, 0.25) is 5.91 Å². The second-order valence-corrected chi connectivity index (χ2v) is 8.72. The standard InChI is InChI=1S/C22H23Cl3N2O4/c1-14-11-26(12-16-9-17(23)5-6-19(16)31-13-21(29)30)7-8-27(14)20(28)10-15-3-2-4-18(24)22(15)25/h2-6,9,14H,7-8,10-13H2,1H3,(H,29,30)/t14-/m0/s1. The van der Waals surface area contributed by atoms with Gasteiger partial charge in [0.1, 0.15) is 5.75 Å². The maximum absolute atomic E-state index is 12.9. The minimum absolute atomic E-state index is 0.00165. The molecule has 1 amide bonds. The van der Waals surface area contributed by atoms with Gasteiger partial charge in [0.25, 0.3) is 0 Å². The summed E-state index contributed by atoms with van der Waals surface area (Å²) < 4.78 is 5.40. The molecule has 3 rings (SSSR count). The lowest BCUT2D eigenvalue weighted by molar-refractivity contribution is -0.139. The van der Waals surface area contributed by atoms with Crippen LogP contribution in [0.25, 0.3) is 0 Å². The normalized spacial score (nSPS) is 16.9. The van der Waals surface area contributed by atoms with Crippen LogP contribution in [0.5, 0.6) is 5.75 Å². The molecular weight excluding hydrogens is 463 g/mol. The van der Waals surface area contributed by atoms with E-state index in [0.29, 0.717) is 52.6 Å². The monoisotopic (exact) mass is 484 g/mol. The summed E-state index contributed by atoms with van der Waals surface area (Å²) in [6, 6.07) is 10.4. The van der Waals surface area contributed by atoms with E-state index in [4.69, 9.17) is 44.6 Å². The number of nitrogens with zero attached hydrogens (tertiary/aromatic N) is 2. The first-order chi connectivity index (χ1) is 14.7. The number of ether oxygens (including phenoxy) is 1. The van der Waals surface area contributed by atoms with Gasteiger partial charge in [-0.3, -0.25) is 9.69 Å². The number of carboxylic acids is 1. The van der Waals surface area contributed by atoms with Crippen LogP contribution in [0.3, 0.4) is 0 Å². The van der Waals surface area contributed by atoms with Crippen molar-refractivity contribution in [2.24, 2.45) is 0 Å². The van der Waals surface area contributed by atoms with Gasteiger partial charge in [-0.2, -0.15) is 0 Å². The van der Waals surface area contributed by atoms with Gasteiger partial charge in [-0.15, -0.1) is 0 Å². The fourth-order valence-electron chi connectivity index (χ4n) is 3.69. The summed E-state index contributed by atoms with van der Waals surface area (Å²) in [7, 11) is 0. The van der Waals surface area contributed by atoms with Crippen LogP contribution in [0.15, 0.2) is 36.4 Å². The number of carboxylic acid groups (broad SMARTS) is 1. The number of hydrogen-bond donors (Lipinski definition) is 1. The Balaban J connectivity index is 1.63. The van der Waals surface area contributed by atoms with Crippen LogP contribution in [0.2, 0.25) is 15.1 Å². The number of carbonyl (C=O) groups is 2. The molecule has 0 saturated carbocycles. The highest BCUT2D eigenvalue weighted by atomic mass is 35.5. The van der Waals surface area contributed by atoms with Gasteiger partial charge < -0.3 is 14.7 Å². The molecule has 0 radical (unpaired) electrons. The Hall–Kier alpha value is -1.99. The average Bonchev–Trinajstić information content (AvgIpc) is 2.70. The number of halogens is 3. The lowest BCUT2D eigenvalue weighted by Crippen LogP contribution is -2.54. The van der Waals surface area contributed by atoms with Crippen LogP contribution in [0.1, 0.15) is 18.1 Å². The van der Waals surface area contributed by atoms with E-state index in [-0.39, 0.29) is 18.4 Å². The first kappa shape index (κ1) is 23.7. The third-order valence-corrected chi connectivity index (χ3v) is 6.27. The van der Waals surface area contributed by atoms with Gasteiger partial charge in [-0.05, 0) is 36.8 Å². The Morgan fingerprint density at radius 3 is 2.61 bits per heavy atom. The van der Waals surface area contributed by atoms with Crippen molar-refractivity contribution in [3.05, 3.63) is 62.6 Å². The fourth-order valence-corrected chi connectivity index (χ4v) is 4.27. The van der Waals surface area contributed by atoms with Gasteiger partial charge in [-0.1, -0.05) is 46.9 Å². The van der Waals surface area contributed by atoms with Gasteiger partial charge in [0.15, 0.2) is 6.61 Å². The number of carbonyl (C=O) groups excluding carboxylic acids is 1. The molecule has 1 atom stereocenters. The fraction of sp³-hybridized carbons (Fsp3) is 0.364. The summed E-state index contributed by atoms with van der Waals surface area (Å²) in [6.45, 7) is 4.04. The molecule has 1 aliphatic heterocycles. The Morgan fingerprint density at radius 1 is 1.13 bits per heavy atom. The Morgan fingerprint density at radius 2 is 1.90 bits per heavy atom. The maximum Gasteiger partial charge on any atom is 0.341 e. The molecular formula is C22H23Cl3N2O4. The van der Waals surface area contributed by atoms with E-state index in [1.165, 1.54) is 0 Å². The highest BCUT2D eigenvalue weighted by Crippen LogP contribution is 2.28. The van der Waals surface area contributed by atoms with Crippen molar-refractivity contribution >= 4 is 46.7 Å². The van der Waals surface area contributed by atoms with Crippen LogP contribution in [-0.4, -0.2) is 59.1 Å². The third kappa shape index (κ3) is 6.26. The van der Waals surface area contributed by atoms with Crippen LogP contribution >= 0.6 is 34.8 Å². The lowest BCUT2D eigenvalue weighted by Gasteiger charge is -2.40. The highest BCUT2D eigenvalue weighted by Gasteiger charge is 2.28. The average molecular weight is 486 g/mol. The van der Waals surface area contributed by atoms with Crippen molar-refractivity contribution in [1.82, 2.24) is 9.80 Å². The Bertz CT molecular complexity index is 970. The van der Waals surface area contributed by atoms with E-state index >= 15 is 0 Å². The second-order valence-electron chi connectivity index (χ2n) is 7.50. The second kappa shape index (κ2) is 10.6. The van der Waals surface area contributed by atoms with Crippen LogP contribution < -0.4 is 4.74 Å². The molecule has 31 heavy (non-hydrogen) atoms. The zero-order valence-electron chi connectivity index (χ0n) is 17.0. The lowest BCUT2D eigenvalue weighted by atomic mass is 10.1. The number of aliphatic carboxylic acids is 1. The summed E-state index contributed by atoms with van der Waals surface area (Å²) in [5.74, 6) is -0.542. The topological polar surface area (TPSA) is 70.1 Å². The largest absolute Gasteiger partial charge is 0.482 e. The summed E-state index contributed by atoms with van der Waals surface area (Å²) in [5, 5.41) is 10.3. The van der Waals surface area contributed by atoms with Crippen LogP contribution in [0, 0.1) is 0 Å². The minimum atomic E-state index is -1.04. The Labute approximate surface area is 196 Å². The summed E-state index contributed by atoms with van der Waals surface area (Å²) >= 11 is 18.4. The molecule has 1 heterocycles. The van der Waals surface area contributed by atoms with Crippen molar-refractivity contribution in [2.75, 3.05) is 26.2 Å². The van der Waals surface area contributed by atoms with E-state index < -0.39 is 12.6 Å². The molecule has 0 aromatic heterocycles. The van der Waals surface area contributed by atoms with Gasteiger partial charge in [0, 0.05) is 42.8 Å². The van der Waals surface area contributed by atoms with Crippen molar-refractivity contribution in [2.45, 2.75) is 25.9 Å². The van der Waals surface area contributed by atoms with Gasteiger partial charge >= 0.3 is 5.97 Å². The van der Waals surface area contributed by atoms with Gasteiger partial charge in [-0.25, -0.2) is 4.79 Å². The summed E-state index contributed by atoms with van der Waals surface area (Å²) in [6.07, 6.45) is 0.200. The van der Waals surface area contributed by atoms with E-state index in [2.05, 4.69) is 4.90 Å². The molecule has 0 spiro atoms. The molecule has 2 aromatic rings. The maximum atomic E-state index is 12.9. The van der Waals surface area contributed by atoms with E-state index in [1.807, 2.05) is 17.9 Å². The van der Waals surface area contributed by atoms with Crippen molar-refractivity contribution < 1.29 is 19.4 Å². The third-order valence-electron chi connectivity index (χ3n) is 5.17. The van der Waals surface area contributed by atoms with E-state index in [1.54, 1.807) is 30.3 Å². The molecule has 9 heteroatoms. The van der Waals surface area contributed by atoms with Crippen LogP contribution in [-0.2, 0) is 22.6 Å². The first-order valence-electron chi connectivity index (χ1n) is 9.82. The molecule has 0 bridgehead atoms. The molecule has 0 unspecified atom stereocenters. The molecule has 166 valence electrons. The van der Waals surface area contributed by atoms with Crippen molar-refractivity contribution in [3.8, 4) is 5.75 Å². The molecule has 1 fully saturated rings. The summed E-state index contributed by atoms with van der Waals surface area (Å²) in [4.78, 5) is 27.8. The van der Waals surface area contributed by atoms with Crippen LogP contribution in [0.4, 0.5) is 0 Å². The SMILES string of the molecule is C[C@H]1CN(Cc2cc(Cl)ccc2OCC(=O)O)CCN1C(=O)Cc1cccc(Cl)c1Cl. The van der Waals surface area contributed by atoms with E-state index in [0.717, 1.165) is 5.56 Å². The number of amides is 1. The van der Waals surface area contributed by atoms with Gasteiger partial charge in [0.05, 0.1) is 16.5 Å². The zero-order valence-corrected chi connectivity index (χ0v) is 19.3. The number of rotatable bonds is 7. The smallest absolute Gasteiger partial charge is 0.341 e. The molecule has 1 N–H and O–H groups in total. The number of piperazine rings is 1. The molecule has 6 nitrogen and oxygen atoms in total. The highest BCUT2D eigenvalue weighted by molar-refractivity contribution is 6.42. The quantitative estimate of drug-likeness (QED) is 0.630. The first-order valence-corrected chi connectivity index (χ1v) is 11.0. The Kier molecular flexibility index (Phi) is 8.06. The van der Waals surface area contributed by atoms with E-state index in [9.17, 15) is 9.59 Å².